The lowest BCUT2D eigenvalue weighted by Crippen LogP contribution is -2.33. The van der Waals surface area contributed by atoms with Crippen molar-refractivity contribution in [2.75, 3.05) is 18.5 Å². The van der Waals surface area contributed by atoms with E-state index in [1.807, 2.05) is 6.20 Å². The minimum Gasteiger partial charge on any atom is -0.381 e. The SMILES string of the molecule is CCCC1=Cc2c(ncc(C(=O)CC3CCOCC3)c2NC2CCC(N)CC2)C1. The molecule has 0 aromatic carbocycles. The Morgan fingerprint density at radius 2 is 1.97 bits per heavy atom. The quantitative estimate of drug-likeness (QED) is 0.662. The van der Waals surface area contributed by atoms with Crippen LogP contribution in [0.25, 0.3) is 6.08 Å². The molecule has 29 heavy (non-hydrogen) atoms. The molecule has 0 bridgehead atoms. The van der Waals surface area contributed by atoms with E-state index in [9.17, 15) is 4.79 Å². The topological polar surface area (TPSA) is 77.2 Å². The van der Waals surface area contributed by atoms with E-state index in [0.29, 0.717) is 24.4 Å². The summed E-state index contributed by atoms with van der Waals surface area (Å²) in [6.45, 7) is 3.76. The summed E-state index contributed by atoms with van der Waals surface area (Å²) in [5.41, 5.74) is 11.6. The smallest absolute Gasteiger partial charge is 0.166 e. The van der Waals surface area contributed by atoms with Gasteiger partial charge in [-0.15, -0.1) is 0 Å². The summed E-state index contributed by atoms with van der Waals surface area (Å²) < 4.78 is 5.46. The summed E-state index contributed by atoms with van der Waals surface area (Å²) in [5, 5.41) is 3.77. The number of fused-ring (bicyclic) bond motifs is 1. The van der Waals surface area contributed by atoms with Gasteiger partial charge in [-0.1, -0.05) is 25.0 Å². The number of allylic oxidation sites excluding steroid dienone is 1. The fraction of sp³-hybridized carbons (Fsp3) is 0.667. The van der Waals surface area contributed by atoms with Crippen LogP contribution in [-0.2, 0) is 11.2 Å². The predicted molar refractivity (Wildman–Crippen MR) is 117 cm³/mol. The molecule has 3 aliphatic rings. The number of ketones is 1. The zero-order chi connectivity index (χ0) is 20.2. The average molecular weight is 398 g/mol. The number of pyridine rings is 1. The number of hydrogen-bond donors (Lipinski definition) is 2. The molecule has 5 heteroatoms. The fourth-order valence-corrected chi connectivity index (χ4v) is 4.97. The Bertz CT molecular complexity index is 760. The molecule has 2 aliphatic carbocycles. The Hall–Kier alpha value is -1.72. The number of carbonyl (C=O) groups excluding carboxylic acids is 1. The summed E-state index contributed by atoms with van der Waals surface area (Å²) in [6, 6.07) is 0.710. The monoisotopic (exact) mass is 397 g/mol. The van der Waals surface area contributed by atoms with E-state index >= 15 is 0 Å². The van der Waals surface area contributed by atoms with Gasteiger partial charge in [0.2, 0.25) is 0 Å². The number of Topliss-reactive ketones (excluding diaryl/α,β-unsaturated/α-hetero) is 1. The van der Waals surface area contributed by atoms with Gasteiger partial charge in [0.15, 0.2) is 5.78 Å². The summed E-state index contributed by atoms with van der Waals surface area (Å²) in [7, 11) is 0. The first-order chi connectivity index (χ1) is 14.1. The van der Waals surface area contributed by atoms with Gasteiger partial charge in [0.1, 0.15) is 0 Å². The molecule has 1 aromatic heterocycles. The number of carbonyl (C=O) groups is 1. The van der Waals surface area contributed by atoms with Crippen LogP contribution in [0.4, 0.5) is 5.69 Å². The number of aromatic nitrogens is 1. The molecule has 0 atom stereocenters. The molecule has 0 radical (unpaired) electrons. The third-order valence-electron chi connectivity index (χ3n) is 6.75. The molecule has 1 saturated heterocycles. The van der Waals surface area contributed by atoms with Crippen molar-refractivity contribution < 1.29 is 9.53 Å². The fourth-order valence-electron chi connectivity index (χ4n) is 4.97. The second-order valence-electron chi connectivity index (χ2n) is 9.08. The molecule has 2 heterocycles. The molecule has 1 aromatic rings. The van der Waals surface area contributed by atoms with Gasteiger partial charge in [-0.2, -0.15) is 0 Å². The molecule has 0 amide bonds. The van der Waals surface area contributed by atoms with Crippen LogP contribution in [0.5, 0.6) is 0 Å². The minimum atomic E-state index is 0.222. The van der Waals surface area contributed by atoms with E-state index in [2.05, 4.69) is 18.3 Å². The van der Waals surface area contributed by atoms with Crippen molar-refractivity contribution in [3.63, 3.8) is 0 Å². The summed E-state index contributed by atoms with van der Waals surface area (Å²) >= 11 is 0. The second kappa shape index (κ2) is 9.40. The highest BCUT2D eigenvalue weighted by Gasteiger charge is 2.27. The minimum absolute atomic E-state index is 0.222. The van der Waals surface area contributed by atoms with Crippen LogP contribution in [0, 0.1) is 5.92 Å². The Kier molecular flexibility index (Phi) is 6.66. The Morgan fingerprint density at radius 3 is 2.69 bits per heavy atom. The maximum absolute atomic E-state index is 13.3. The third-order valence-corrected chi connectivity index (χ3v) is 6.75. The molecule has 1 aliphatic heterocycles. The zero-order valence-electron chi connectivity index (χ0n) is 17.7. The van der Waals surface area contributed by atoms with Crippen molar-refractivity contribution in [3.05, 3.63) is 28.6 Å². The molecular formula is C24H35N3O2. The molecule has 1 saturated carbocycles. The zero-order valence-corrected chi connectivity index (χ0v) is 17.7. The van der Waals surface area contributed by atoms with E-state index in [1.165, 1.54) is 5.57 Å². The maximum atomic E-state index is 13.3. The Labute approximate surface area is 174 Å². The highest BCUT2D eigenvalue weighted by atomic mass is 16.5. The van der Waals surface area contributed by atoms with Crippen molar-refractivity contribution in [2.24, 2.45) is 11.7 Å². The van der Waals surface area contributed by atoms with Crippen LogP contribution in [0.3, 0.4) is 0 Å². The number of nitrogens with two attached hydrogens (primary N) is 1. The number of rotatable bonds is 7. The van der Waals surface area contributed by atoms with Crippen molar-refractivity contribution in [2.45, 2.75) is 83.2 Å². The van der Waals surface area contributed by atoms with Crippen molar-refractivity contribution in [3.8, 4) is 0 Å². The van der Waals surface area contributed by atoms with Crippen LogP contribution < -0.4 is 11.1 Å². The van der Waals surface area contributed by atoms with Crippen LogP contribution in [0.1, 0.15) is 86.3 Å². The normalized spacial score (nSPS) is 24.8. The lowest BCUT2D eigenvalue weighted by molar-refractivity contribution is 0.0601. The van der Waals surface area contributed by atoms with E-state index in [1.54, 1.807) is 0 Å². The van der Waals surface area contributed by atoms with Crippen molar-refractivity contribution in [1.29, 1.82) is 0 Å². The lowest BCUT2D eigenvalue weighted by atomic mass is 9.89. The summed E-state index contributed by atoms with van der Waals surface area (Å²) in [6.07, 6.45) is 14.1. The summed E-state index contributed by atoms with van der Waals surface area (Å²) in [4.78, 5) is 18.0. The molecule has 0 unspecified atom stereocenters. The van der Waals surface area contributed by atoms with Gasteiger partial charge in [-0.25, -0.2) is 0 Å². The lowest BCUT2D eigenvalue weighted by Gasteiger charge is -2.29. The predicted octanol–water partition coefficient (Wildman–Crippen LogP) is 4.50. The van der Waals surface area contributed by atoms with Crippen molar-refractivity contribution >= 4 is 17.5 Å². The second-order valence-corrected chi connectivity index (χ2v) is 9.08. The maximum Gasteiger partial charge on any atom is 0.166 e. The molecule has 0 spiro atoms. The molecule has 5 nitrogen and oxygen atoms in total. The van der Waals surface area contributed by atoms with Crippen molar-refractivity contribution in [1.82, 2.24) is 4.98 Å². The first kappa shape index (κ1) is 20.5. The molecule has 3 N–H and O–H groups in total. The van der Waals surface area contributed by atoms with Gasteiger partial charge in [0, 0.05) is 49.9 Å². The van der Waals surface area contributed by atoms with Crippen LogP contribution in [0.15, 0.2) is 11.8 Å². The van der Waals surface area contributed by atoms with Gasteiger partial charge < -0.3 is 15.8 Å². The number of ether oxygens (including phenoxy) is 1. The number of nitrogens with zero attached hydrogens (tertiary/aromatic N) is 1. The average Bonchev–Trinajstić information content (AvgIpc) is 3.14. The number of nitrogens with one attached hydrogen (secondary N) is 1. The first-order valence-electron chi connectivity index (χ1n) is 11.5. The molecular weight excluding hydrogens is 362 g/mol. The van der Waals surface area contributed by atoms with E-state index in [0.717, 1.165) is 93.5 Å². The number of hydrogen-bond acceptors (Lipinski definition) is 5. The third kappa shape index (κ3) is 4.89. The van der Waals surface area contributed by atoms with E-state index in [4.69, 9.17) is 15.5 Å². The first-order valence-corrected chi connectivity index (χ1v) is 11.5. The molecule has 4 rings (SSSR count). The Morgan fingerprint density at radius 1 is 1.21 bits per heavy atom. The van der Waals surface area contributed by atoms with E-state index < -0.39 is 0 Å². The van der Waals surface area contributed by atoms with Gasteiger partial charge in [-0.05, 0) is 50.9 Å². The van der Waals surface area contributed by atoms with Gasteiger partial charge in [0.05, 0.1) is 16.9 Å². The van der Waals surface area contributed by atoms with Crippen LogP contribution in [-0.4, -0.2) is 36.1 Å². The van der Waals surface area contributed by atoms with Gasteiger partial charge >= 0.3 is 0 Å². The van der Waals surface area contributed by atoms with Gasteiger partial charge in [0.25, 0.3) is 0 Å². The van der Waals surface area contributed by atoms with Crippen LogP contribution >= 0.6 is 0 Å². The summed E-state index contributed by atoms with van der Waals surface area (Å²) in [5.74, 6) is 0.649. The molecule has 158 valence electrons. The standard InChI is InChI=1S/C24H35N3O2/c1-2-3-17-12-20-22(13-17)26-15-21(23(28)14-16-8-10-29-11-9-16)24(20)27-19-6-4-18(25)5-7-19/h12,15-16,18-19H,2-11,13-14,25H2,1H3,(H,26,27). The highest BCUT2D eigenvalue weighted by Crippen LogP contribution is 2.36. The number of anilines is 1. The van der Waals surface area contributed by atoms with Crippen LogP contribution in [0.2, 0.25) is 0 Å². The Balaban J connectivity index is 1.59. The highest BCUT2D eigenvalue weighted by molar-refractivity contribution is 6.03. The van der Waals surface area contributed by atoms with E-state index in [-0.39, 0.29) is 5.78 Å². The van der Waals surface area contributed by atoms with Gasteiger partial charge in [-0.3, -0.25) is 9.78 Å². The largest absolute Gasteiger partial charge is 0.381 e. The molecule has 2 fully saturated rings.